The van der Waals surface area contributed by atoms with E-state index in [4.69, 9.17) is 0 Å². The van der Waals surface area contributed by atoms with E-state index in [2.05, 4.69) is 23.6 Å². The monoisotopic (exact) mass is 278 g/mol. The Bertz CT molecular complexity index is 423. The predicted octanol–water partition coefficient (Wildman–Crippen LogP) is 1.67. The molecule has 1 fully saturated rings. The van der Waals surface area contributed by atoms with Crippen LogP contribution in [0, 0.1) is 0 Å². The highest BCUT2D eigenvalue weighted by Crippen LogP contribution is 2.21. The fourth-order valence-corrected chi connectivity index (χ4v) is 3.05. The van der Waals surface area contributed by atoms with Crippen molar-refractivity contribution in [1.29, 1.82) is 0 Å². The Kier molecular flexibility index (Phi) is 5.40. The van der Waals surface area contributed by atoms with Gasteiger partial charge in [-0.1, -0.05) is 18.2 Å². The van der Waals surface area contributed by atoms with Gasteiger partial charge in [0.05, 0.1) is 0 Å². The lowest BCUT2D eigenvalue weighted by Gasteiger charge is -2.43. The van der Waals surface area contributed by atoms with E-state index in [-0.39, 0.29) is 6.61 Å². The number of hydrogen-bond donors (Lipinski definition) is 2. The van der Waals surface area contributed by atoms with E-state index in [1.165, 1.54) is 0 Å². The molecule has 1 aromatic rings. The van der Waals surface area contributed by atoms with Crippen molar-refractivity contribution in [2.45, 2.75) is 38.9 Å². The zero-order valence-corrected chi connectivity index (χ0v) is 12.5. The fraction of sp³-hybridized carbons (Fsp3) is 0.625. The van der Waals surface area contributed by atoms with Gasteiger partial charge in [-0.2, -0.15) is 0 Å². The van der Waals surface area contributed by atoms with Gasteiger partial charge < -0.3 is 10.2 Å². The molecule has 0 aliphatic carbocycles. The van der Waals surface area contributed by atoms with Gasteiger partial charge >= 0.3 is 0 Å². The van der Waals surface area contributed by atoms with E-state index in [0.717, 1.165) is 38.2 Å². The average Bonchev–Trinajstić information content (AvgIpc) is 2.42. The molecule has 20 heavy (non-hydrogen) atoms. The topological polar surface area (TPSA) is 46.9 Å². The van der Waals surface area contributed by atoms with Crippen molar-refractivity contribution in [3.05, 3.63) is 29.8 Å². The molecule has 0 spiro atoms. The summed E-state index contributed by atoms with van der Waals surface area (Å²) < 4.78 is 0. The largest absolute Gasteiger partial charge is 0.508 e. The van der Waals surface area contributed by atoms with Crippen LogP contribution in [0.4, 0.5) is 0 Å². The Hall–Kier alpha value is -1.10. The van der Waals surface area contributed by atoms with Crippen LogP contribution in [0.5, 0.6) is 5.75 Å². The van der Waals surface area contributed by atoms with Crippen LogP contribution < -0.4 is 0 Å². The Morgan fingerprint density at radius 1 is 1.25 bits per heavy atom. The van der Waals surface area contributed by atoms with Gasteiger partial charge in [-0.15, -0.1) is 0 Å². The van der Waals surface area contributed by atoms with E-state index in [9.17, 15) is 10.2 Å². The maximum atomic E-state index is 9.87. The van der Waals surface area contributed by atoms with Gasteiger partial charge in [0, 0.05) is 50.4 Å². The van der Waals surface area contributed by atoms with Crippen molar-refractivity contribution in [2.75, 3.05) is 26.2 Å². The maximum absolute atomic E-state index is 9.87. The van der Waals surface area contributed by atoms with Crippen molar-refractivity contribution >= 4 is 0 Å². The minimum atomic E-state index is 0.234. The second-order valence-electron chi connectivity index (χ2n) is 5.86. The molecule has 4 nitrogen and oxygen atoms in total. The first-order chi connectivity index (χ1) is 9.61. The number of aliphatic hydroxyl groups is 1. The summed E-state index contributed by atoms with van der Waals surface area (Å²) in [5, 5.41) is 19.1. The summed E-state index contributed by atoms with van der Waals surface area (Å²) >= 11 is 0. The first-order valence-corrected chi connectivity index (χ1v) is 7.47. The Morgan fingerprint density at radius 3 is 2.65 bits per heavy atom. The number of rotatable bonds is 5. The minimum absolute atomic E-state index is 0.234. The van der Waals surface area contributed by atoms with Crippen LogP contribution in [0.25, 0.3) is 0 Å². The lowest BCUT2D eigenvalue weighted by molar-refractivity contribution is 0.0346. The number of phenolic OH excluding ortho intramolecular Hbond substituents is 1. The third-order valence-corrected chi connectivity index (χ3v) is 4.12. The molecule has 1 heterocycles. The second kappa shape index (κ2) is 7.07. The third-order valence-electron chi connectivity index (χ3n) is 4.12. The number of aliphatic hydroxyl groups excluding tert-OH is 1. The molecule has 0 bridgehead atoms. The number of hydrogen-bond acceptors (Lipinski definition) is 4. The van der Waals surface area contributed by atoms with E-state index in [0.29, 0.717) is 17.8 Å². The molecule has 0 aromatic heterocycles. The predicted molar refractivity (Wildman–Crippen MR) is 80.7 cm³/mol. The van der Waals surface area contributed by atoms with Crippen LogP contribution in [0.2, 0.25) is 0 Å². The van der Waals surface area contributed by atoms with Gasteiger partial charge in [0.2, 0.25) is 0 Å². The molecule has 1 aliphatic rings. The molecule has 2 N–H and O–H groups in total. The van der Waals surface area contributed by atoms with Crippen molar-refractivity contribution in [1.82, 2.24) is 9.80 Å². The highest BCUT2D eigenvalue weighted by molar-refractivity contribution is 5.31. The van der Waals surface area contributed by atoms with Crippen LogP contribution in [-0.4, -0.2) is 58.3 Å². The zero-order valence-electron chi connectivity index (χ0n) is 12.5. The van der Waals surface area contributed by atoms with E-state index < -0.39 is 0 Å². The van der Waals surface area contributed by atoms with Crippen LogP contribution in [0.3, 0.4) is 0 Å². The highest BCUT2D eigenvalue weighted by Gasteiger charge is 2.28. The summed E-state index contributed by atoms with van der Waals surface area (Å²) in [5.41, 5.74) is 0.980. The van der Waals surface area contributed by atoms with Crippen molar-refractivity contribution in [2.24, 2.45) is 0 Å². The molecule has 1 atom stereocenters. The normalized spacial score (nSPS) is 21.5. The number of piperazine rings is 1. The molecular formula is C16H26N2O2. The maximum Gasteiger partial charge on any atom is 0.120 e. The number of aromatic hydroxyl groups is 1. The Morgan fingerprint density at radius 2 is 2.00 bits per heavy atom. The molecule has 2 rings (SSSR count). The molecule has 4 heteroatoms. The lowest BCUT2D eigenvalue weighted by Crippen LogP contribution is -2.55. The first kappa shape index (κ1) is 15.3. The van der Waals surface area contributed by atoms with Crippen LogP contribution in [0.15, 0.2) is 24.3 Å². The van der Waals surface area contributed by atoms with Crippen molar-refractivity contribution < 1.29 is 10.2 Å². The number of para-hydroxylation sites is 1. The van der Waals surface area contributed by atoms with Gasteiger partial charge in [0.15, 0.2) is 0 Å². The molecule has 0 unspecified atom stereocenters. The molecule has 1 saturated heterocycles. The highest BCUT2D eigenvalue weighted by atomic mass is 16.3. The van der Waals surface area contributed by atoms with E-state index in [1.807, 2.05) is 18.2 Å². The summed E-state index contributed by atoms with van der Waals surface area (Å²) in [6.07, 6.45) is 0.815. The van der Waals surface area contributed by atoms with Crippen LogP contribution >= 0.6 is 0 Å². The van der Waals surface area contributed by atoms with E-state index >= 15 is 0 Å². The fourth-order valence-electron chi connectivity index (χ4n) is 3.05. The average molecular weight is 278 g/mol. The smallest absolute Gasteiger partial charge is 0.120 e. The molecule has 0 saturated carbocycles. The van der Waals surface area contributed by atoms with Gasteiger partial charge in [0.25, 0.3) is 0 Å². The Labute approximate surface area is 121 Å². The molecule has 112 valence electrons. The standard InChI is InChI=1S/C16H26N2O2/c1-13(2)18-9-8-17(12-15(18)7-10-19)11-14-5-3-4-6-16(14)20/h3-6,13,15,19-20H,7-12H2,1-2H3/t15-/m1/s1. The minimum Gasteiger partial charge on any atom is -0.508 e. The molecule has 0 amide bonds. The molecule has 1 aliphatic heterocycles. The zero-order chi connectivity index (χ0) is 14.5. The first-order valence-electron chi connectivity index (χ1n) is 7.47. The molecular weight excluding hydrogens is 252 g/mol. The second-order valence-corrected chi connectivity index (χ2v) is 5.86. The summed E-state index contributed by atoms with van der Waals surface area (Å²) in [4.78, 5) is 4.84. The van der Waals surface area contributed by atoms with Crippen molar-refractivity contribution in [3.8, 4) is 5.75 Å². The van der Waals surface area contributed by atoms with Gasteiger partial charge in [-0.25, -0.2) is 0 Å². The quantitative estimate of drug-likeness (QED) is 0.860. The SMILES string of the molecule is CC(C)N1CCN(Cc2ccccc2O)C[C@H]1CCO. The molecule has 0 radical (unpaired) electrons. The summed E-state index contributed by atoms with van der Waals surface area (Å²) in [6.45, 7) is 8.42. The van der Waals surface area contributed by atoms with Gasteiger partial charge in [-0.05, 0) is 26.3 Å². The molecule has 1 aromatic carbocycles. The number of nitrogens with zero attached hydrogens (tertiary/aromatic N) is 2. The summed E-state index contributed by atoms with van der Waals surface area (Å²) in [7, 11) is 0. The lowest BCUT2D eigenvalue weighted by atomic mass is 10.1. The third kappa shape index (κ3) is 3.72. The van der Waals surface area contributed by atoms with Gasteiger partial charge in [0.1, 0.15) is 5.75 Å². The summed E-state index contributed by atoms with van der Waals surface area (Å²) in [6, 6.07) is 8.45. The summed E-state index contributed by atoms with van der Waals surface area (Å²) in [5.74, 6) is 0.373. The number of phenols is 1. The van der Waals surface area contributed by atoms with Crippen LogP contribution in [-0.2, 0) is 6.54 Å². The Balaban J connectivity index is 1.99. The van der Waals surface area contributed by atoms with E-state index in [1.54, 1.807) is 6.07 Å². The van der Waals surface area contributed by atoms with Crippen molar-refractivity contribution in [3.63, 3.8) is 0 Å². The van der Waals surface area contributed by atoms with Gasteiger partial charge in [-0.3, -0.25) is 9.80 Å². The number of benzene rings is 1. The van der Waals surface area contributed by atoms with Crippen LogP contribution in [0.1, 0.15) is 25.8 Å².